The Labute approximate surface area is 191 Å². The van der Waals surface area contributed by atoms with Crippen LogP contribution in [0.2, 0.25) is 0 Å². The van der Waals surface area contributed by atoms with Crippen molar-refractivity contribution in [1.29, 1.82) is 0 Å². The first-order valence-corrected chi connectivity index (χ1v) is 10.7. The molecule has 0 N–H and O–H groups in total. The Morgan fingerprint density at radius 3 is 2.15 bits per heavy atom. The van der Waals surface area contributed by atoms with E-state index < -0.39 is 4.92 Å². The zero-order valence-electron chi connectivity index (χ0n) is 18.4. The van der Waals surface area contributed by atoms with Gasteiger partial charge in [0.1, 0.15) is 5.71 Å². The molecule has 1 aliphatic rings. The molecule has 0 saturated heterocycles. The Morgan fingerprint density at radius 1 is 0.939 bits per heavy atom. The second kappa shape index (κ2) is 9.44. The monoisotopic (exact) mass is 441 g/mol. The van der Waals surface area contributed by atoms with Gasteiger partial charge in [-0.3, -0.25) is 14.9 Å². The molecule has 8 nitrogen and oxygen atoms in total. The van der Waals surface area contributed by atoms with E-state index in [-0.39, 0.29) is 17.3 Å². The Morgan fingerprint density at radius 2 is 1.58 bits per heavy atom. The number of hydrazone groups is 1. The summed E-state index contributed by atoms with van der Waals surface area (Å²) in [6.07, 6.45) is 0. The average molecular weight is 441 g/mol. The fourth-order valence-corrected chi connectivity index (χ4v) is 3.63. The lowest BCUT2D eigenvalue weighted by molar-refractivity contribution is -0.384. The van der Waals surface area contributed by atoms with Crippen molar-refractivity contribution < 1.29 is 9.72 Å². The number of anilines is 2. The maximum atomic E-state index is 13.3. The van der Waals surface area contributed by atoms with Gasteiger partial charge in [-0.15, -0.1) is 0 Å². The number of carbonyl (C=O) groups excluding carboxylic acids is 1. The molecule has 1 amide bonds. The number of benzene rings is 3. The lowest BCUT2D eigenvalue weighted by Gasteiger charge is -2.20. The molecule has 0 atom stereocenters. The predicted octanol–water partition coefficient (Wildman–Crippen LogP) is 4.96. The SMILES string of the molecule is CCN(CC)c1ccc(N=C2C(=O)N(c3ccccc3)N=C2c2ccc([N+](=O)[O-])cc2)cc1. The highest BCUT2D eigenvalue weighted by Gasteiger charge is 2.34. The van der Waals surface area contributed by atoms with E-state index in [9.17, 15) is 14.9 Å². The fraction of sp³-hybridized carbons (Fsp3) is 0.160. The predicted molar refractivity (Wildman–Crippen MR) is 131 cm³/mol. The molecule has 8 heteroatoms. The van der Waals surface area contributed by atoms with Crippen LogP contribution in [-0.4, -0.2) is 35.3 Å². The van der Waals surface area contributed by atoms with E-state index in [1.165, 1.54) is 17.1 Å². The Kier molecular flexibility index (Phi) is 6.26. The van der Waals surface area contributed by atoms with E-state index in [1.54, 1.807) is 24.3 Å². The van der Waals surface area contributed by atoms with Crippen molar-refractivity contribution in [3.8, 4) is 0 Å². The molecule has 33 heavy (non-hydrogen) atoms. The first-order chi connectivity index (χ1) is 16.0. The second-order valence-electron chi connectivity index (χ2n) is 7.35. The van der Waals surface area contributed by atoms with Crippen LogP contribution in [0.15, 0.2) is 89.0 Å². The van der Waals surface area contributed by atoms with Crippen LogP contribution >= 0.6 is 0 Å². The number of non-ortho nitro benzene ring substituents is 1. The molecule has 1 aliphatic heterocycles. The Balaban J connectivity index is 1.75. The number of hydrogen-bond acceptors (Lipinski definition) is 6. The summed E-state index contributed by atoms with van der Waals surface area (Å²) < 4.78 is 0. The van der Waals surface area contributed by atoms with Crippen LogP contribution in [-0.2, 0) is 4.79 Å². The molecule has 3 aromatic rings. The number of amides is 1. The van der Waals surface area contributed by atoms with Crippen LogP contribution < -0.4 is 9.91 Å². The molecule has 0 unspecified atom stereocenters. The molecule has 4 rings (SSSR count). The van der Waals surface area contributed by atoms with Crippen LogP contribution in [0.3, 0.4) is 0 Å². The molecule has 0 radical (unpaired) electrons. The number of nitro benzene ring substituents is 1. The first kappa shape index (κ1) is 21.9. The maximum absolute atomic E-state index is 13.3. The zero-order valence-corrected chi connectivity index (χ0v) is 18.4. The Bertz CT molecular complexity index is 1220. The molecule has 0 aromatic heterocycles. The summed E-state index contributed by atoms with van der Waals surface area (Å²) in [5.74, 6) is -0.359. The van der Waals surface area contributed by atoms with E-state index in [1.807, 2.05) is 42.5 Å². The van der Waals surface area contributed by atoms with E-state index in [0.717, 1.165) is 18.8 Å². The molecule has 3 aromatic carbocycles. The van der Waals surface area contributed by atoms with Gasteiger partial charge in [-0.1, -0.05) is 18.2 Å². The van der Waals surface area contributed by atoms with E-state index in [4.69, 9.17) is 0 Å². The second-order valence-corrected chi connectivity index (χ2v) is 7.35. The first-order valence-electron chi connectivity index (χ1n) is 10.7. The van der Waals surface area contributed by atoms with Gasteiger partial charge in [0, 0.05) is 36.5 Å². The summed E-state index contributed by atoms with van der Waals surface area (Å²) >= 11 is 0. The highest BCUT2D eigenvalue weighted by Crippen LogP contribution is 2.26. The van der Waals surface area contributed by atoms with Crippen molar-refractivity contribution in [3.63, 3.8) is 0 Å². The summed E-state index contributed by atoms with van der Waals surface area (Å²) in [7, 11) is 0. The van der Waals surface area contributed by atoms with Gasteiger partial charge in [-0.05, 0) is 62.4 Å². The molecular weight excluding hydrogens is 418 g/mol. The largest absolute Gasteiger partial charge is 0.372 e. The number of nitro groups is 1. The van der Waals surface area contributed by atoms with Gasteiger partial charge >= 0.3 is 0 Å². The lowest BCUT2D eigenvalue weighted by Crippen LogP contribution is -2.27. The topological polar surface area (TPSA) is 91.4 Å². The van der Waals surface area contributed by atoms with Gasteiger partial charge in [-0.2, -0.15) is 10.1 Å². The highest BCUT2D eigenvalue weighted by molar-refractivity contribution is 6.74. The van der Waals surface area contributed by atoms with Crippen LogP contribution in [0.5, 0.6) is 0 Å². The van der Waals surface area contributed by atoms with Crippen molar-refractivity contribution >= 4 is 40.1 Å². The third-order valence-corrected chi connectivity index (χ3v) is 5.39. The van der Waals surface area contributed by atoms with Crippen LogP contribution in [0.1, 0.15) is 19.4 Å². The molecule has 1 heterocycles. The van der Waals surface area contributed by atoms with Gasteiger partial charge in [0.05, 0.1) is 16.3 Å². The van der Waals surface area contributed by atoms with Crippen LogP contribution in [0.4, 0.5) is 22.7 Å². The van der Waals surface area contributed by atoms with Gasteiger partial charge in [0.25, 0.3) is 11.6 Å². The Hall–Kier alpha value is -4.33. The zero-order chi connectivity index (χ0) is 23.4. The van der Waals surface area contributed by atoms with Gasteiger partial charge in [0.15, 0.2) is 5.71 Å². The minimum absolute atomic E-state index is 0.0333. The molecule has 0 aliphatic carbocycles. The molecule has 0 fully saturated rings. The summed E-state index contributed by atoms with van der Waals surface area (Å²) in [5, 5.41) is 16.9. The third-order valence-electron chi connectivity index (χ3n) is 5.39. The molecule has 166 valence electrons. The van der Waals surface area contributed by atoms with Crippen molar-refractivity contribution in [2.24, 2.45) is 10.1 Å². The van der Waals surface area contributed by atoms with Gasteiger partial charge in [0.2, 0.25) is 0 Å². The van der Waals surface area contributed by atoms with Crippen molar-refractivity contribution in [2.45, 2.75) is 13.8 Å². The molecule has 0 spiro atoms. The van der Waals surface area contributed by atoms with E-state index in [0.29, 0.717) is 22.6 Å². The number of aliphatic imine (C=N–C) groups is 1. The summed E-state index contributed by atoms with van der Waals surface area (Å²) in [4.78, 5) is 30.7. The standard InChI is InChI=1S/C25H23N5O3/c1-3-28(4-2)20-16-12-19(13-17-20)26-24-23(18-10-14-22(15-11-18)30(32)33)27-29(25(24)31)21-8-6-5-7-9-21/h5-17H,3-4H2,1-2H3. The van der Waals surface area contributed by atoms with Crippen molar-refractivity contribution in [3.05, 3.63) is 94.5 Å². The lowest BCUT2D eigenvalue weighted by atomic mass is 10.1. The minimum atomic E-state index is -0.464. The van der Waals surface area contributed by atoms with Crippen LogP contribution in [0.25, 0.3) is 0 Å². The fourth-order valence-electron chi connectivity index (χ4n) is 3.63. The van der Waals surface area contributed by atoms with Crippen molar-refractivity contribution in [1.82, 2.24) is 0 Å². The summed E-state index contributed by atoms with van der Waals surface area (Å²) in [5.41, 5.74) is 3.41. The average Bonchev–Trinajstić information content (AvgIpc) is 3.17. The maximum Gasteiger partial charge on any atom is 0.299 e. The van der Waals surface area contributed by atoms with Gasteiger partial charge < -0.3 is 4.90 Å². The molecular formula is C25H23N5O3. The van der Waals surface area contributed by atoms with Gasteiger partial charge in [-0.25, -0.2) is 4.99 Å². The quantitative estimate of drug-likeness (QED) is 0.382. The van der Waals surface area contributed by atoms with E-state index >= 15 is 0 Å². The summed E-state index contributed by atoms with van der Waals surface area (Å²) in [6.45, 7) is 5.98. The molecule has 0 bridgehead atoms. The van der Waals surface area contributed by atoms with Crippen molar-refractivity contribution in [2.75, 3.05) is 23.0 Å². The molecule has 0 saturated carbocycles. The summed E-state index contributed by atoms with van der Waals surface area (Å²) in [6, 6.07) is 22.7. The number of nitrogens with zero attached hydrogens (tertiary/aromatic N) is 5. The smallest absolute Gasteiger partial charge is 0.299 e. The van der Waals surface area contributed by atoms with E-state index in [2.05, 4.69) is 28.8 Å². The number of rotatable bonds is 7. The third kappa shape index (κ3) is 4.50. The number of para-hydroxylation sites is 1. The number of hydrogen-bond donors (Lipinski definition) is 0. The number of carbonyl (C=O) groups is 1. The minimum Gasteiger partial charge on any atom is -0.372 e. The normalized spacial score (nSPS) is 14.5. The van der Waals surface area contributed by atoms with Crippen LogP contribution in [0, 0.1) is 10.1 Å². The highest BCUT2D eigenvalue weighted by atomic mass is 16.6.